The summed E-state index contributed by atoms with van der Waals surface area (Å²) < 4.78 is 5.57. The molecule has 2 aromatic carbocycles. The Morgan fingerprint density at radius 1 is 1.04 bits per heavy atom. The number of amides is 2. The Kier molecular flexibility index (Phi) is 7.67. The lowest BCUT2D eigenvalue weighted by molar-refractivity contribution is -0.142. The SMILES string of the molecule is CC(C)NC(=O)C(C)N(Cc1ccccc1)C(=O)COc1ccccc1Cl. The van der Waals surface area contributed by atoms with Gasteiger partial charge in [0.25, 0.3) is 5.91 Å². The number of hydrogen-bond acceptors (Lipinski definition) is 3. The molecule has 1 N–H and O–H groups in total. The van der Waals surface area contributed by atoms with Gasteiger partial charge in [0.2, 0.25) is 5.91 Å². The maximum Gasteiger partial charge on any atom is 0.261 e. The van der Waals surface area contributed by atoms with Crippen LogP contribution < -0.4 is 10.1 Å². The average Bonchev–Trinajstić information content (AvgIpc) is 2.65. The van der Waals surface area contributed by atoms with Crippen LogP contribution in [0.1, 0.15) is 26.3 Å². The van der Waals surface area contributed by atoms with Gasteiger partial charge in [0.1, 0.15) is 11.8 Å². The largest absolute Gasteiger partial charge is 0.482 e. The van der Waals surface area contributed by atoms with E-state index < -0.39 is 6.04 Å². The van der Waals surface area contributed by atoms with Crippen molar-refractivity contribution in [3.63, 3.8) is 0 Å². The fraction of sp³-hybridized carbons (Fsp3) is 0.333. The maximum atomic E-state index is 12.8. The van der Waals surface area contributed by atoms with E-state index in [9.17, 15) is 9.59 Å². The Morgan fingerprint density at radius 3 is 2.30 bits per heavy atom. The number of halogens is 1. The van der Waals surface area contributed by atoms with Gasteiger partial charge >= 0.3 is 0 Å². The topological polar surface area (TPSA) is 58.6 Å². The van der Waals surface area contributed by atoms with Crippen LogP contribution >= 0.6 is 11.6 Å². The first-order valence-electron chi connectivity index (χ1n) is 8.89. The Balaban J connectivity index is 2.13. The number of carbonyl (C=O) groups excluding carboxylic acids is 2. The minimum Gasteiger partial charge on any atom is -0.482 e. The van der Waals surface area contributed by atoms with Gasteiger partial charge in [-0.2, -0.15) is 0 Å². The number of ether oxygens (including phenoxy) is 1. The first kappa shape index (κ1) is 20.8. The molecule has 1 unspecified atom stereocenters. The second-order valence-electron chi connectivity index (χ2n) is 6.57. The third kappa shape index (κ3) is 6.29. The van der Waals surface area contributed by atoms with Crippen molar-refractivity contribution < 1.29 is 14.3 Å². The molecule has 2 aromatic rings. The third-order valence-corrected chi connectivity index (χ3v) is 4.29. The van der Waals surface area contributed by atoms with Crippen LogP contribution in [0, 0.1) is 0 Å². The van der Waals surface area contributed by atoms with E-state index in [1.165, 1.54) is 4.90 Å². The summed E-state index contributed by atoms with van der Waals surface area (Å²) in [5, 5.41) is 3.29. The van der Waals surface area contributed by atoms with Crippen LogP contribution in [0.4, 0.5) is 0 Å². The molecule has 144 valence electrons. The molecule has 0 bridgehead atoms. The number of carbonyl (C=O) groups is 2. The van der Waals surface area contributed by atoms with Gasteiger partial charge in [-0.3, -0.25) is 9.59 Å². The fourth-order valence-electron chi connectivity index (χ4n) is 2.55. The third-order valence-electron chi connectivity index (χ3n) is 3.98. The summed E-state index contributed by atoms with van der Waals surface area (Å²) in [4.78, 5) is 26.8. The first-order chi connectivity index (χ1) is 12.9. The molecule has 0 aliphatic heterocycles. The predicted octanol–water partition coefficient (Wildman–Crippen LogP) is 3.66. The summed E-state index contributed by atoms with van der Waals surface area (Å²) in [7, 11) is 0. The molecule has 0 heterocycles. The number of nitrogens with one attached hydrogen (secondary N) is 1. The summed E-state index contributed by atoms with van der Waals surface area (Å²) in [6, 6.07) is 15.9. The molecule has 1 atom stereocenters. The number of nitrogens with zero attached hydrogens (tertiary/aromatic N) is 1. The van der Waals surface area contributed by atoms with E-state index in [1.807, 2.05) is 44.2 Å². The van der Waals surface area contributed by atoms with E-state index in [0.717, 1.165) is 5.56 Å². The molecule has 0 spiro atoms. The second kappa shape index (κ2) is 9.97. The second-order valence-corrected chi connectivity index (χ2v) is 6.97. The molecule has 5 nitrogen and oxygen atoms in total. The van der Waals surface area contributed by atoms with Crippen molar-refractivity contribution in [3.05, 3.63) is 65.2 Å². The van der Waals surface area contributed by atoms with Gasteiger partial charge in [-0.15, -0.1) is 0 Å². The molecule has 2 amide bonds. The first-order valence-corrected chi connectivity index (χ1v) is 9.27. The zero-order valence-electron chi connectivity index (χ0n) is 15.8. The Morgan fingerprint density at radius 2 is 1.67 bits per heavy atom. The van der Waals surface area contributed by atoms with Gasteiger partial charge < -0.3 is 15.0 Å². The molecule has 0 saturated carbocycles. The minimum absolute atomic E-state index is 0.00648. The smallest absolute Gasteiger partial charge is 0.261 e. The predicted molar refractivity (Wildman–Crippen MR) is 107 cm³/mol. The molecule has 0 aromatic heterocycles. The van der Waals surface area contributed by atoms with Crippen molar-refractivity contribution in [2.75, 3.05) is 6.61 Å². The fourth-order valence-corrected chi connectivity index (χ4v) is 2.74. The lowest BCUT2D eigenvalue weighted by atomic mass is 10.1. The minimum atomic E-state index is -0.630. The van der Waals surface area contributed by atoms with Crippen LogP contribution in [-0.2, 0) is 16.1 Å². The molecule has 0 fully saturated rings. The van der Waals surface area contributed by atoms with Crippen molar-refractivity contribution >= 4 is 23.4 Å². The van der Waals surface area contributed by atoms with E-state index in [2.05, 4.69) is 5.32 Å². The van der Waals surface area contributed by atoms with Crippen molar-refractivity contribution in [3.8, 4) is 5.75 Å². The number of benzene rings is 2. The summed E-state index contributed by atoms with van der Waals surface area (Å²) >= 11 is 6.07. The highest BCUT2D eigenvalue weighted by Gasteiger charge is 2.26. The van der Waals surface area contributed by atoms with Crippen LogP contribution in [0.5, 0.6) is 5.75 Å². The zero-order chi connectivity index (χ0) is 19.8. The standard InChI is InChI=1S/C21H25ClN2O3/c1-15(2)23-21(26)16(3)24(13-17-9-5-4-6-10-17)20(25)14-27-19-12-8-7-11-18(19)22/h4-12,15-16H,13-14H2,1-3H3,(H,23,26). The summed E-state index contributed by atoms with van der Waals surface area (Å²) in [6.45, 7) is 5.60. The van der Waals surface area contributed by atoms with Gasteiger partial charge in [0, 0.05) is 12.6 Å². The highest BCUT2D eigenvalue weighted by molar-refractivity contribution is 6.32. The molecular formula is C21H25ClN2O3. The molecule has 0 aliphatic carbocycles. The summed E-state index contributed by atoms with van der Waals surface area (Å²) in [5.74, 6) is -0.0522. The maximum absolute atomic E-state index is 12.8. The molecule has 2 rings (SSSR count). The lowest BCUT2D eigenvalue weighted by Crippen LogP contribution is -2.50. The van der Waals surface area contributed by atoms with Crippen molar-refractivity contribution in [1.82, 2.24) is 10.2 Å². The van der Waals surface area contributed by atoms with Crippen LogP contribution in [0.25, 0.3) is 0 Å². The number of hydrogen-bond donors (Lipinski definition) is 1. The van der Waals surface area contributed by atoms with Crippen LogP contribution in [0.15, 0.2) is 54.6 Å². The number of para-hydroxylation sites is 1. The van der Waals surface area contributed by atoms with Crippen molar-refractivity contribution in [2.45, 2.75) is 39.4 Å². The monoisotopic (exact) mass is 388 g/mol. The summed E-state index contributed by atoms with van der Waals surface area (Å²) in [5.41, 5.74) is 0.938. The highest BCUT2D eigenvalue weighted by Crippen LogP contribution is 2.23. The molecule has 6 heteroatoms. The van der Waals surface area contributed by atoms with Crippen LogP contribution in [0.2, 0.25) is 5.02 Å². The van der Waals surface area contributed by atoms with Crippen molar-refractivity contribution in [1.29, 1.82) is 0 Å². The Bertz CT molecular complexity index is 765. The molecule has 27 heavy (non-hydrogen) atoms. The number of rotatable bonds is 8. The van der Waals surface area contributed by atoms with Crippen LogP contribution in [0.3, 0.4) is 0 Å². The van der Waals surface area contributed by atoms with E-state index in [-0.39, 0.29) is 24.5 Å². The van der Waals surface area contributed by atoms with Crippen LogP contribution in [-0.4, -0.2) is 35.4 Å². The van der Waals surface area contributed by atoms with Gasteiger partial charge in [-0.25, -0.2) is 0 Å². The Hall–Kier alpha value is -2.53. The quantitative estimate of drug-likeness (QED) is 0.750. The normalized spacial score (nSPS) is 11.7. The molecule has 0 saturated heterocycles. The van der Waals surface area contributed by atoms with E-state index in [1.54, 1.807) is 31.2 Å². The van der Waals surface area contributed by atoms with Gasteiger partial charge in [-0.1, -0.05) is 54.1 Å². The van der Waals surface area contributed by atoms with E-state index in [4.69, 9.17) is 16.3 Å². The molecular weight excluding hydrogens is 364 g/mol. The zero-order valence-corrected chi connectivity index (χ0v) is 16.6. The van der Waals surface area contributed by atoms with E-state index >= 15 is 0 Å². The lowest BCUT2D eigenvalue weighted by Gasteiger charge is -2.29. The highest BCUT2D eigenvalue weighted by atomic mass is 35.5. The Labute approximate surface area is 165 Å². The molecule has 0 radical (unpaired) electrons. The van der Waals surface area contributed by atoms with Gasteiger partial charge in [0.05, 0.1) is 5.02 Å². The van der Waals surface area contributed by atoms with Gasteiger partial charge in [-0.05, 0) is 38.5 Å². The van der Waals surface area contributed by atoms with Crippen molar-refractivity contribution in [2.24, 2.45) is 0 Å². The molecule has 0 aliphatic rings. The summed E-state index contributed by atoms with van der Waals surface area (Å²) in [6.07, 6.45) is 0. The van der Waals surface area contributed by atoms with E-state index in [0.29, 0.717) is 17.3 Å². The average molecular weight is 389 g/mol. The van der Waals surface area contributed by atoms with Gasteiger partial charge in [0.15, 0.2) is 6.61 Å².